The molecule has 0 radical (unpaired) electrons. The van der Waals surface area contributed by atoms with Gasteiger partial charge in [-0.15, -0.1) is 0 Å². The highest BCUT2D eigenvalue weighted by molar-refractivity contribution is 5.99. The summed E-state index contributed by atoms with van der Waals surface area (Å²) in [5, 5.41) is 11.5. The maximum Gasteiger partial charge on any atom is 0.228 e. The van der Waals surface area contributed by atoms with Gasteiger partial charge >= 0.3 is 0 Å². The molecule has 0 saturated heterocycles. The third kappa shape index (κ3) is 2.91. The minimum atomic E-state index is -0.215. The van der Waals surface area contributed by atoms with Gasteiger partial charge in [-0.25, -0.2) is 15.0 Å². The van der Waals surface area contributed by atoms with E-state index < -0.39 is 0 Å². The van der Waals surface area contributed by atoms with E-state index in [1.54, 1.807) is 12.2 Å². The number of hydrogen-bond acceptors (Lipinski definition) is 7. The maximum absolute atomic E-state index is 5.16. The molecule has 1 heterocycles. The molecule has 0 aromatic carbocycles. The minimum Gasteiger partial charge on any atom is -0.353 e. The normalized spacial score (nSPS) is 27.1. The molecular formula is C11H20N6O. The topological polar surface area (TPSA) is 73.3 Å². The molecule has 2 aliphatic carbocycles. The lowest BCUT2D eigenvalue weighted by Gasteiger charge is -2.26. The van der Waals surface area contributed by atoms with Crippen molar-refractivity contribution in [3.8, 4) is 0 Å². The molecule has 3 N–H and O–H groups in total. The zero-order valence-corrected chi connectivity index (χ0v) is 10.8. The molecule has 7 heteroatoms. The molecule has 0 bridgehead atoms. The summed E-state index contributed by atoms with van der Waals surface area (Å²) in [5.41, 5.74) is 0. The molecule has 1 aliphatic heterocycles. The second kappa shape index (κ2) is 4.74. The Morgan fingerprint density at radius 2 is 1.94 bits per heavy atom. The van der Waals surface area contributed by atoms with E-state index in [-0.39, 0.29) is 6.29 Å². The van der Waals surface area contributed by atoms with Crippen LogP contribution in [0.2, 0.25) is 0 Å². The van der Waals surface area contributed by atoms with Crippen molar-refractivity contribution in [3.05, 3.63) is 0 Å². The molecular weight excluding hydrogens is 232 g/mol. The largest absolute Gasteiger partial charge is 0.353 e. The monoisotopic (exact) mass is 252 g/mol. The minimum absolute atomic E-state index is 0.215. The van der Waals surface area contributed by atoms with Crippen molar-refractivity contribution < 1.29 is 4.84 Å². The highest BCUT2D eigenvalue weighted by atomic mass is 16.7. The first-order valence-corrected chi connectivity index (χ1v) is 6.47. The van der Waals surface area contributed by atoms with Gasteiger partial charge in [0.15, 0.2) is 0 Å². The van der Waals surface area contributed by atoms with Crippen molar-refractivity contribution in [1.29, 1.82) is 0 Å². The van der Waals surface area contributed by atoms with Crippen LogP contribution < -0.4 is 16.0 Å². The summed E-state index contributed by atoms with van der Waals surface area (Å²) in [4.78, 5) is 14.2. The number of hydroxylamine groups is 2. The summed E-state index contributed by atoms with van der Waals surface area (Å²) in [6.07, 6.45) is 4.65. The molecule has 3 aliphatic rings. The molecule has 0 spiro atoms. The molecule has 100 valence electrons. The van der Waals surface area contributed by atoms with E-state index in [4.69, 9.17) is 4.84 Å². The Balaban J connectivity index is 1.67. The van der Waals surface area contributed by atoms with Crippen LogP contribution in [0.4, 0.5) is 0 Å². The zero-order valence-electron chi connectivity index (χ0n) is 10.8. The van der Waals surface area contributed by atoms with Crippen LogP contribution in [0.5, 0.6) is 0 Å². The lowest BCUT2D eigenvalue weighted by molar-refractivity contribution is -0.0449. The van der Waals surface area contributed by atoms with E-state index in [0.29, 0.717) is 18.0 Å². The number of aliphatic imine (C=N–C) groups is 2. The maximum atomic E-state index is 5.16. The molecule has 18 heavy (non-hydrogen) atoms. The van der Waals surface area contributed by atoms with Crippen LogP contribution in [0.25, 0.3) is 0 Å². The van der Waals surface area contributed by atoms with Gasteiger partial charge in [-0.1, -0.05) is 0 Å². The van der Waals surface area contributed by atoms with E-state index in [2.05, 4.69) is 25.9 Å². The van der Waals surface area contributed by atoms with Crippen LogP contribution in [0.3, 0.4) is 0 Å². The van der Waals surface area contributed by atoms with Crippen molar-refractivity contribution in [1.82, 2.24) is 21.0 Å². The Morgan fingerprint density at radius 1 is 1.22 bits per heavy atom. The number of nitrogens with zero attached hydrogens (tertiary/aromatic N) is 3. The van der Waals surface area contributed by atoms with Crippen LogP contribution in [0, 0.1) is 0 Å². The molecule has 1 atom stereocenters. The summed E-state index contributed by atoms with van der Waals surface area (Å²) in [5.74, 6) is 1.46. The van der Waals surface area contributed by atoms with Crippen molar-refractivity contribution in [2.45, 2.75) is 44.1 Å². The average Bonchev–Trinajstić information content (AvgIpc) is 3.24. The SMILES string of the molecule is CON(C)C1=NC(NC2CC2)N=C(NC2CC2)N1. The zero-order chi connectivity index (χ0) is 12.5. The van der Waals surface area contributed by atoms with Crippen LogP contribution in [0.1, 0.15) is 25.7 Å². The Hall–Kier alpha value is -1.34. The number of guanidine groups is 2. The fourth-order valence-electron chi connectivity index (χ4n) is 1.71. The summed E-state index contributed by atoms with van der Waals surface area (Å²) in [6, 6.07) is 1.13. The van der Waals surface area contributed by atoms with E-state index in [1.807, 2.05) is 7.05 Å². The predicted molar refractivity (Wildman–Crippen MR) is 68.9 cm³/mol. The van der Waals surface area contributed by atoms with E-state index >= 15 is 0 Å². The molecule has 1 unspecified atom stereocenters. The van der Waals surface area contributed by atoms with E-state index in [9.17, 15) is 0 Å². The lowest BCUT2D eigenvalue weighted by Crippen LogP contribution is -2.52. The van der Waals surface area contributed by atoms with Gasteiger partial charge in [0.25, 0.3) is 0 Å². The summed E-state index contributed by atoms with van der Waals surface area (Å²) in [7, 11) is 3.44. The van der Waals surface area contributed by atoms with Gasteiger partial charge in [-0.05, 0) is 25.7 Å². The third-order valence-electron chi connectivity index (χ3n) is 3.18. The highest BCUT2D eigenvalue weighted by Gasteiger charge is 2.29. The Bertz CT molecular complexity index is 374. The molecule has 0 amide bonds. The standard InChI is InChI=1S/C11H20N6O/c1-17(18-2)11-15-9(12-7-3-4-7)14-10(16-11)13-8-5-6-8/h7-9,12H,3-6H2,1-2H3,(H2,13,14,15,16). The molecule has 2 fully saturated rings. The number of hydrogen-bond donors (Lipinski definition) is 3. The van der Waals surface area contributed by atoms with Crippen molar-refractivity contribution in [2.75, 3.05) is 14.2 Å². The Kier molecular flexibility index (Phi) is 3.09. The quantitative estimate of drug-likeness (QED) is 0.593. The van der Waals surface area contributed by atoms with Gasteiger partial charge in [-0.3, -0.25) is 15.5 Å². The second-order valence-electron chi connectivity index (χ2n) is 4.97. The van der Waals surface area contributed by atoms with Gasteiger partial charge in [0.2, 0.25) is 18.2 Å². The lowest BCUT2D eigenvalue weighted by atomic mass is 10.6. The highest BCUT2D eigenvalue weighted by Crippen LogP contribution is 2.21. The van der Waals surface area contributed by atoms with Crippen LogP contribution in [-0.4, -0.2) is 49.5 Å². The Labute approximate surface area is 107 Å². The first-order chi connectivity index (χ1) is 8.74. The first kappa shape index (κ1) is 11.7. The second-order valence-corrected chi connectivity index (χ2v) is 4.97. The number of rotatable bonds is 4. The van der Waals surface area contributed by atoms with Crippen LogP contribution in [0.15, 0.2) is 9.98 Å². The molecule has 0 aromatic rings. The third-order valence-corrected chi connectivity index (χ3v) is 3.18. The van der Waals surface area contributed by atoms with Crippen molar-refractivity contribution in [2.24, 2.45) is 9.98 Å². The van der Waals surface area contributed by atoms with Crippen LogP contribution in [-0.2, 0) is 4.84 Å². The summed E-state index contributed by atoms with van der Waals surface area (Å²) < 4.78 is 0. The molecule has 7 nitrogen and oxygen atoms in total. The van der Waals surface area contributed by atoms with Crippen molar-refractivity contribution >= 4 is 11.9 Å². The number of nitrogens with one attached hydrogen (secondary N) is 3. The van der Waals surface area contributed by atoms with E-state index in [0.717, 1.165) is 5.96 Å². The van der Waals surface area contributed by atoms with Gasteiger partial charge in [0.1, 0.15) is 0 Å². The van der Waals surface area contributed by atoms with Gasteiger partial charge in [-0.2, -0.15) is 0 Å². The van der Waals surface area contributed by atoms with Crippen LogP contribution >= 0.6 is 0 Å². The smallest absolute Gasteiger partial charge is 0.228 e. The fourth-order valence-corrected chi connectivity index (χ4v) is 1.71. The van der Waals surface area contributed by atoms with Crippen molar-refractivity contribution in [3.63, 3.8) is 0 Å². The molecule has 2 saturated carbocycles. The molecule has 3 rings (SSSR count). The van der Waals surface area contributed by atoms with Gasteiger partial charge in [0.05, 0.1) is 7.11 Å². The predicted octanol–water partition coefficient (Wildman–Crippen LogP) is -0.418. The first-order valence-electron chi connectivity index (χ1n) is 6.47. The van der Waals surface area contributed by atoms with E-state index in [1.165, 1.54) is 25.7 Å². The molecule has 0 aromatic heterocycles. The summed E-state index contributed by atoms with van der Waals surface area (Å²) >= 11 is 0. The van der Waals surface area contributed by atoms with Gasteiger partial charge < -0.3 is 5.32 Å². The summed E-state index contributed by atoms with van der Waals surface area (Å²) in [6.45, 7) is 0. The average molecular weight is 252 g/mol. The van der Waals surface area contributed by atoms with Gasteiger partial charge in [0, 0.05) is 19.1 Å². The fraction of sp³-hybridized carbons (Fsp3) is 0.818. The Morgan fingerprint density at radius 3 is 2.56 bits per heavy atom.